The molecular weight excluding hydrogens is 350 g/mol. The second-order valence-electron chi connectivity index (χ2n) is 6.46. The van der Waals surface area contributed by atoms with Crippen LogP contribution in [0.5, 0.6) is 0 Å². The third-order valence-corrected chi connectivity index (χ3v) is 6.30. The third-order valence-electron chi connectivity index (χ3n) is 4.87. The van der Waals surface area contributed by atoms with Gasteiger partial charge in [-0.2, -0.15) is 0 Å². The zero-order chi connectivity index (χ0) is 16.8. The zero-order valence-corrected chi connectivity index (χ0v) is 14.4. The SMILES string of the molecule is O=C([C@@H]1C[C@@H]1[N+](=O)[O-])N1CCC(c2nc3cc(Cl)ccc3s2)CC1. The number of nitrogens with zero attached hydrogens (tertiary/aromatic N) is 3. The van der Waals surface area contributed by atoms with Gasteiger partial charge in [0.05, 0.1) is 15.2 Å². The van der Waals surface area contributed by atoms with Crippen LogP contribution < -0.4 is 0 Å². The monoisotopic (exact) mass is 365 g/mol. The molecule has 0 bridgehead atoms. The number of likely N-dealkylation sites (tertiary alicyclic amines) is 1. The predicted molar refractivity (Wildman–Crippen MR) is 92.1 cm³/mol. The summed E-state index contributed by atoms with van der Waals surface area (Å²) in [6.45, 7) is 1.31. The van der Waals surface area contributed by atoms with Crippen molar-refractivity contribution in [1.82, 2.24) is 9.88 Å². The molecule has 1 aliphatic carbocycles. The fraction of sp³-hybridized carbons (Fsp3) is 0.500. The Morgan fingerprint density at radius 1 is 1.38 bits per heavy atom. The van der Waals surface area contributed by atoms with E-state index in [9.17, 15) is 14.9 Å². The van der Waals surface area contributed by atoms with Crippen LogP contribution in [0.2, 0.25) is 5.02 Å². The van der Waals surface area contributed by atoms with Crippen molar-refractivity contribution in [3.8, 4) is 0 Å². The van der Waals surface area contributed by atoms with Gasteiger partial charge in [-0.3, -0.25) is 14.9 Å². The normalized spacial score (nSPS) is 24.3. The fourth-order valence-electron chi connectivity index (χ4n) is 3.35. The van der Waals surface area contributed by atoms with Gasteiger partial charge in [0, 0.05) is 35.4 Å². The molecule has 1 aromatic carbocycles. The van der Waals surface area contributed by atoms with Gasteiger partial charge in [-0.05, 0) is 31.0 Å². The minimum absolute atomic E-state index is 0.0498. The number of benzene rings is 1. The average Bonchev–Trinajstić information content (AvgIpc) is 3.27. The Bertz CT molecular complexity index is 816. The lowest BCUT2D eigenvalue weighted by atomic mass is 9.97. The molecule has 6 nitrogen and oxygen atoms in total. The predicted octanol–water partition coefficient (Wildman–Crippen LogP) is 3.32. The Morgan fingerprint density at radius 3 is 2.79 bits per heavy atom. The number of hydrogen-bond donors (Lipinski definition) is 0. The average molecular weight is 366 g/mol. The molecule has 1 saturated carbocycles. The first-order chi connectivity index (χ1) is 11.5. The van der Waals surface area contributed by atoms with Crippen LogP contribution in [0.1, 0.15) is 30.2 Å². The number of carbonyl (C=O) groups excluding carboxylic acids is 1. The number of halogens is 1. The molecule has 8 heteroatoms. The molecule has 2 atom stereocenters. The molecule has 0 spiro atoms. The number of carbonyl (C=O) groups is 1. The number of fused-ring (bicyclic) bond motifs is 1. The molecule has 0 unspecified atom stereocenters. The molecule has 24 heavy (non-hydrogen) atoms. The van der Waals surface area contributed by atoms with E-state index in [1.807, 2.05) is 18.2 Å². The summed E-state index contributed by atoms with van der Waals surface area (Å²) in [5.41, 5.74) is 0.924. The van der Waals surface area contributed by atoms with Gasteiger partial charge >= 0.3 is 0 Å². The van der Waals surface area contributed by atoms with Crippen LogP contribution in [0.15, 0.2) is 18.2 Å². The van der Waals surface area contributed by atoms with E-state index in [1.54, 1.807) is 16.2 Å². The van der Waals surface area contributed by atoms with E-state index < -0.39 is 12.0 Å². The van der Waals surface area contributed by atoms with E-state index in [0.29, 0.717) is 30.5 Å². The third kappa shape index (κ3) is 2.86. The highest BCUT2D eigenvalue weighted by atomic mass is 35.5. The van der Waals surface area contributed by atoms with Gasteiger partial charge in [-0.1, -0.05) is 11.6 Å². The molecule has 0 radical (unpaired) electrons. The van der Waals surface area contributed by atoms with Crippen LogP contribution in [0.4, 0.5) is 0 Å². The number of hydrogen-bond acceptors (Lipinski definition) is 5. The summed E-state index contributed by atoms with van der Waals surface area (Å²) >= 11 is 7.69. The summed E-state index contributed by atoms with van der Waals surface area (Å²) in [4.78, 5) is 29.2. The summed E-state index contributed by atoms with van der Waals surface area (Å²) in [6.07, 6.45) is 2.11. The van der Waals surface area contributed by atoms with Crippen molar-refractivity contribution in [1.29, 1.82) is 0 Å². The van der Waals surface area contributed by atoms with Gasteiger partial charge < -0.3 is 4.90 Å². The van der Waals surface area contributed by atoms with Crippen molar-refractivity contribution in [2.45, 2.75) is 31.2 Å². The highest BCUT2D eigenvalue weighted by molar-refractivity contribution is 7.18. The Kier molecular flexibility index (Phi) is 3.92. The van der Waals surface area contributed by atoms with Gasteiger partial charge in [-0.25, -0.2) is 4.98 Å². The van der Waals surface area contributed by atoms with Gasteiger partial charge in [0.2, 0.25) is 11.9 Å². The number of aromatic nitrogens is 1. The number of thiazole rings is 1. The molecule has 1 saturated heterocycles. The molecule has 2 aliphatic rings. The first kappa shape index (κ1) is 15.8. The van der Waals surface area contributed by atoms with Gasteiger partial charge in [-0.15, -0.1) is 11.3 Å². The van der Waals surface area contributed by atoms with E-state index in [0.717, 1.165) is 28.1 Å². The van der Waals surface area contributed by atoms with Crippen molar-refractivity contribution in [2.24, 2.45) is 5.92 Å². The van der Waals surface area contributed by atoms with Crippen LogP contribution >= 0.6 is 22.9 Å². The van der Waals surface area contributed by atoms with Crippen LogP contribution in [-0.2, 0) is 4.79 Å². The lowest BCUT2D eigenvalue weighted by Gasteiger charge is -2.31. The first-order valence-electron chi connectivity index (χ1n) is 8.01. The molecule has 4 rings (SSSR count). The number of amides is 1. The highest BCUT2D eigenvalue weighted by Gasteiger charge is 2.54. The Labute approximate surface area is 147 Å². The maximum Gasteiger partial charge on any atom is 0.232 e. The molecule has 2 aromatic rings. The molecule has 1 aromatic heterocycles. The van der Waals surface area contributed by atoms with Gasteiger partial charge in [0.1, 0.15) is 5.92 Å². The summed E-state index contributed by atoms with van der Waals surface area (Å²) in [5.74, 6) is -0.108. The lowest BCUT2D eigenvalue weighted by Crippen LogP contribution is -2.39. The quantitative estimate of drug-likeness (QED) is 0.617. The molecule has 0 N–H and O–H groups in total. The maximum absolute atomic E-state index is 12.3. The maximum atomic E-state index is 12.3. The Hall–Kier alpha value is -1.73. The summed E-state index contributed by atoms with van der Waals surface area (Å²) < 4.78 is 1.12. The molecule has 2 heterocycles. The second kappa shape index (κ2) is 5.97. The van der Waals surface area contributed by atoms with Crippen LogP contribution in [-0.4, -0.2) is 39.8 Å². The van der Waals surface area contributed by atoms with E-state index in [4.69, 9.17) is 16.6 Å². The molecule has 2 fully saturated rings. The molecule has 126 valence electrons. The topological polar surface area (TPSA) is 76.3 Å². The molecular formula is C16H16ClN3O3S. The van der Waals surface area contributed by atoms with Gasteiger partial charge in [0.15, 0.2) is 0 Å². The van der Waals surface area contributed by atoms with Crippen LogP contribution in [0.3, 0.4) is 0 Å². The van der Waals surface area contributed by atoms with E-state index >= 15 is 0 Å². The minimum atomic E-state index is -0.663. The summed E-state index contributed by atoms with van der Waals surface area (Å²) in [5, 5.41) is 12.5. The second-order valence-corrected chi connectivity index (χ2v) is 7.96. The molecule has 1 amide bonds. The van der Waals surface area contributed by atoms with E-state index in [-0.39, 0.29) is 10.8 Å². The zero-order valence-electron chi connectivity index (χ0n) is 12.9. The minimum Gasteiger partial charge on any atom is -0.342 e. The summed E-state index contributed by atoms with van der Waals surface area (Å²) in [7, 11) is 0. The number of rotatable bonds is 3. The van der Waals surface area contributed by atoms with Crippen molar-refractivity contribution in [2.75, 3.05) is 13.1 Å². The van der Waals surface area contributed by atoms with Crippen molar-refractivity contribution < 1.29 is 9.72 Å². The summed E-state index contributed by atoms with van der Waals surface area (Å²) in [6, 6.07) is 5.07. The van der Waals surface area contributed by atoms with Crippen molar-refractivity contribution in [3.05, 3.63) is 38.3 Å². The Morgan fingerprint density at radius 2 is 2.12 bits per heavy atom. The van der Waals surface area contributed by atoms with Crippen molar-refractivity contribution >= 4 is 39.1 Å². The van der Waals surface area contributed by atoms with E-state index in [2.05, 4.69) is 0 Å². The fourth-order valence-corrected chi connectivity index (χ4v) is 4.64. The lowest BCUT2D eigenvalue weighted by molar-refractivity contribution is -0.497. The smallest absolute Gasteiger partial charge is 0.232 e. The number of nitro groups is 1. The number of piperidine rings is 1. The molecule has 1 aliphatic heterocycles. The van der Waals surface area contributed by atoms with Crippen LogP contribution in [0.25, 0.3) is 10.2 Å². The first-order valence-corrected chi connectivity index (χ1v) is 9.20. The van der Waals surface area contributed by atoms with Gasteiger partial charge in [0.25, 0.3) is 0 Å². The Balaban J connectivity index is 1.40. The highest BCUT2D eigenvalue weighted by Crippen LogP contribution is 2.38. The standard InChI is InChI=1S/C16H16ClN3O3S/c17-10-1-2-14-12(7-10)18-15(24-14)9-3-5-19(6-4-9)16(21)11-8-13(11)20(22)23/h1-2,7,9,11,13H,3-6,8H2/t11-,13+/m1/s1. The van der Waals surface area contributed by atoms with E-state index in [1.165, 1.54) is 0 Å². The largest absolute Gasteiger partial charge is 0.342 e. The van der Waals surface area contributed by atoms with Crippen molar-refractivity contribution in [3.63, 3.8) is 0 Å². The van der Waals surface area contributed by atoms with Crippen LogP contribution in [0, 0.1) is 16.0 Å².